The lowest BCUT2D eigenvalue weighted by Crippen LogP contribution is -2.31. The van der Waals surface area contributed by atoms with E-state index in [-0.39, 0.29) is 18.3 Å². The van der Waals surface area contributed by atoms with E-state index >= 15 is 0 Å². The molecule has 1 amide bonds. The lowest BCUT2D eigenvalue weighted by atomic mass is 9.93. The molecule has 21 heavy (non-hydrogen) atoms. The molecule has 0 bridgehead atoms. The quantitative estimate of drug-likeness (QED) is 0.749. The van der Waals surface area contributed by atoms with Crippen LogP contribution in [-0.4, -0.2) is 30.6 Å². The molecule has 3 N–H and O–H groups in total. The maximum absolute atomic E-state index is 12.8. The Balaban J connectivity index is 1.67. The number of aliphatic hydroxyl groups excluding tert-OH is 1. The number of nitrogens with one attached hydrogen (secondary N) is 2. The van der Waals surface area contributed by atoms with E-state index in [1.54, 1.807) is 0 Å². The molecule has 1 aliphatic heterocycles. The first kappa shape index (κ1) is 15.9. The number of hydrogen-bond acceptors (Lipinski definition) is 3. The summed E-state index contributed by atoms with van der Waals surface area (Å²) in [5.74, 6) is 0.255. The summed E-state index contributed by atoms with van der Waals surface area (Å²) in [7, 11) is 0. The highest BCUT2D eigenvalue weighted by atomic mass is 19.1. The Morgan fingerprint density at radius 1 is 1.33 bits per heavy atom. The highest BCUT2D eigenvalue weighted by Gasteiger charge is 2.15. The van der Waals surface area contributed by atoms with Crippen molar-refractivity contribution in [2.24, 2.45) is 5.92 Å². The number of carbonyl (C=O) groups is 1. The second-order valence-corrected chi connectivity index (χ2v) is 5.60. The van der Waals surface area contributed by atoms with Crippen molar-refractivity contribution in [1.29, 1.82) is 0 Å². The number of benzene rings is 1. The van der Waals surface area contributed by atoms with Gasteiger partial charge in [-0.3, -0.25) is 4.79 Å². The Morgan fingerprint density at radius 2 is 2.00 bits per heavy atom. The molecule has 1 aromatic rings. The van der Waals surface area contributed by atoms with Gasteiger partial charge in [0.2, 0.25) is 5.91 Å². The second-order valence-electron chi connectivity index (χ2n) is 5.60. The van der Waals surface area contributed by atoms with Gasteiger partial charge < -0.3 is 15.7 Å². The van der Waals surface area contributed by atoms with E-state index < -0.39 is 6.10 Å². The molecule has 1 atom stereocenters. The van der Waals surface area contributed by atoms with Gasteiger partial charge in [0.25, 0.3) is 0 Å². The van der Waals surface area contributed by atoms with Gasteiger partial charge in [-0.25, -0.2) is 4.39 Å². The van der Waals surface area contributed by atoms with Crippen LogP contribution in [0.1, 0.15) is 37.4 Å². The maximum Gasteiger partial charge on any atom is 0.220 e. The largest absolute Gasteiger partial charge is 0.387 e. The van der Waals surface area contributed by atoms with E-state index in [2.05, 4.69) is 10.6 Å². The molecule has 1 aliphatic rings. The standard InChI is InChI=1S/C16H23FN2O2/c17-14-4-2-13(3-5-14)15(20)11-19-16(21)6-1-12-7-9-18-10-8-12/h2-5,12,15,18,20H,1,6-11H2,(H,19,21). The third-order valence-corrected chi connectivity index (χ3v) is 3.99. The molecule has 0 aromatic heterocycles. The molecule has 1 aromatic carbocycles. The van der Waals surface area contributed by atoms with Crippen LogP contribution in [0.4, 0.5) is 4.39 Å². The van der Waals surface area contributed by atoms with Crippen molar-refractivity contribution in [2.45, 2.75) is 31.8 Å². The number of hydrogen-bond donors (Lipinski definition) is 3. The van der Waals surface area contributed by atoms with Gasteiger partial charge in [-0.1, -0.05) is 12.1 Å². The van der Waals surface area contributed by atoms with Crippen LogP contribution in [-0.2, 0) is 4.79 Å². The lowest BCUT2D eigenvalue weighted by Gasteiger charge is -2.22. The topological polar surface area (TPSA) is 61.4 Å². The number of carbonyl (C=O) groups excluding carboxylic acids is 1. The Morgan fingerprint density at radius 3 is 2.67 bits per heavy atom. The van der Waals surface area contributed by atoms with Crippen LogP contribution in [0, 0.1) is 11.7 Å². The zero-order valence-electron chi connectivity index (χ0n) is 12.1. The highest BCUT2D eigenvalue weighted by Crippen LogP contribution is 2.17. The van der Waals surface area contributed by atoms with Crippen molar-refractivity contribution < 1.29 is 14.3 Å². The van der Waals surface area contributed by atoms with E-state index in [1.807, 2.05) is 0 Å². The summed E-state index contributed by atoms with van der Waals surface area (Å²) in [6.07, 6.45) is 2.87. The van der Waals surface area contributed by atoms with E-state index in [9.17, 15) is 14.3 Å². The van der Waals surface area contributed by atoms with Crippen molar-refractivity contribution in [1.82, 2.24) is 10.6 Å². The molecular formula is C16H23FN2O2. The average molecular weight is 294 g/mol. The summed E-state index contributed by atoms with van der Waals surface area (Å²) in [4.78, 5) is 11.8. The molecule has 1 fully saturated rings. The van der Waals surface area contributed by atoms with Gasteiger partial charge in [0, 0.05) is 13.0 Å². The van der Waals surface area contributed by atoms with Crippen LogP contribution in [0.2, 0.25) is 0 Å². The average Bonchev–Trinajstić information content (AvgIpc) is 2.52. The zero-order valence-corrected chi connectivity index (χ0v) is 12.1. The third kappa shape index (κ3) is 5.44. The summed E-state index contributed by atoms with van der Waals surface area (Å²) >= 11 is 0. The molecule has 5 heteroatoms. The summed E-state index contributed by atoms with van der Waals surface area (Å²) in [5.41, 5.74) is 0.607. The molecule has 0 aliphatic carbocycles. The SMILES string of the molecule is O=C(CCC1CCNCC1)NCC(O)c1ccc(F)cc1. The predicted molar refractivity (Wildman–Crippen MR) is 79.2 cm³/mol. The fraction of sp³-hybridized carbons (Fsp3) is 0.562. The first-order valence-electron chi connectivity index (χ1n) is 7.56. The van der Waals surface area contributed by atoms with Crippen molar-refractivity contribution in [3.8, 4) is 0 Å². The van der Waals surface area contributed by atoms with Crippen LogP contribution in [0.5, 0.6) is 0 Å². The van der Waals surface area contributed by atoms with Gasteiger partial charge in [-0.15, -0.1) is 0 Å². The molecular weight excluding hydrogens is 271 g/mol. The van der Waals surface area contributed by atoms with Crippen LogP contribution in [0.15, 0.2) is 24.3 Å². The van der Waals surface area contributed by atoms with Gasteiger partial charge in [-0.05, 0) is 56.0 Å². The van der Waals surface area contributed by atoms with Crippen LogP contribution in [0.25, 0.3) is 0 Å². The summed E-state index contributed by atoms with van der Waals surface area (Å²) < 4.78 is 12.8. The maximum atomic E-state index is 12.8. The molecule has 1 saturated heterocycles. The summed E-state index contributed by atoms with van der Waals surface area (Å²) in [6.45, 7) is 2.24. The minimum Gasteiger partial charge on any atom is -0.387 e. The predicted octanol–water partition coefficient (Wildman–Crippen LogP) is 1.76. The van der Waals surface area contributed by atoms with Crippen molar-refractivity contribution in [2.75, 3.05) is 19.6 Å². The number of amides is 1. The molecule has 2 rings (SSSR count). The van der Waals surface area contributed by atoms with Crippen molar-refractivity contribution >= 4 is 5.91 Å². The number of halogens is 1. The Kier molecular flexibility index (Phi) is 6.14. The first-order valence-corrected chi connectivity index (χ1v) is 7.56. The first-order chi connectivity index (χ1) is 10.1. The number of piperidine rings is 1. The van der Waals surface area contributed by atoms with Gasteiger partial charge in [-0.2, -0.15) is 0 Å². The molecule has 1 heterocycles. The summed E-state index contributed by atoms with van der Waals surface area (Å²) in [6, 6.07) is 5.66. The monoisotopic (exact) mass is 294 g/mol. The third-order valence-electron chi connectivity index (χ3n) is 3.99. The van der Waals surface area contributed by atoms with Gasteiger partial charge in [0.15, 0.2) is 0 Å². The smallest absolute Gasteiger partial charge is 0.220 e. The fourth-order valence-electron chi connectivity index (χ4n) is 2.61. The lowest BCUT2D eigenvalue weighted by molar-refractivity contribution is -0.121. The Labute approximate surface area is 124 Å². The Bertz CT molecular complexity index is 444. The van der Waals surface area contributed by atoms with E-state index in [4.69, 9.17) is 0 Å². The molecule has 1 unspecified atom stereocenters. The normalized spacial score (nSPS) is 17.4. The molecule has 116 valence electrons. The van der Waals surface area contributed by atoms with Gasteiger partial charge in [0.1, 0.15) is 5.82 Å². The van der Waals surface area contributed by atoms with Crippen molar-refractivity contribution in [3.05, 3.63) is 35.6 Å². The summed E-state index contributed by atoms with van der Waals surface area (Å²) in [5, 5.41) is 16.0. The van der Waals surface area contributed by atoms with Crippen LogP contribution in [0.3, 0.4) is 0 Å². The Hall–Kier alpha value is -1.46. The van der Waals surface area contributed by atoms with Crippen molar-refractivity contribution in [3.63, 3.8) is 0 Å². The van der Waals surface area contributed by atoms with E-state index in [0.717, 1.165) is 32.4 Å². The zero-order chi connectivity index (χ0) is 15.1. The van der Waals surface area contributed by atoms with E-state index in [1.165, 1.54) is 24.3 Å². The molecule has 0 saturated carbocycles. The van der Waals surface area contributed by atoms with Crippen LogP contribution >= 0.6 is 0 Å². The molecule has 4 nitrogen and oxygen atoms in total. The minimum absolute atomic E-state index is 0.0327. The molecule has 0 radical (unpaired) electrons. The van der Waals surface area contributed by atoms with Gasteiger partial charge >= 0.3 is 0 Å². The van der Waals surface area contributed by atoms with Gasteiger partial charge in [0.05, 0.1) is 6.10 Å². The van der Waals surface area contributed by atoms with Crippen LogP contribution < -0.4 is 10.6 Å². The van der Waals surface area contributed by atoms with E-state index in [0.29, 0.717) is 17.9 Å². The second kappa shape index (κ2) is 8.10. The molecule has 0 spiro atoms. The fourth-order valence-corrected chi connectivity index (χ4v) is 2.61. The highest BCUT2D eigenvalue weighted by molar-refractivity contribution is 5.75. The minimum atomic E-state index is -0.798. The number of rotatable bonds is 6. The number of aliphatic hydroxyl groups is 1.